The second kappa shape index (κ2) is 7.01. The van der Waals surface area contributed by atoms with Crippen LogP contribution in [0.4, 0.5) is 4.39 Å². The summed E-state index contributed by atoms with van der Waals surface area (Å²) < 4.78 is 21.7. The fourth-order valence-corrected chi connectivity index (χ4v) is 3.65. The van der Waals surface area contributed by atoms with Gasteiger partial charge in [0, 0.05) is 61.5 Å². The number of hydrogen-bond donors (Lipinski definition) is 0. The first-order valence-electron chi connectivity index (χ1n) is 9.18. The summed E-state index contributed by atoms with van der Waals surface area (Å²) in [5.74, 6) is 1.21. The van der Waals surface area contributed by atoms with Crippen molar-refractivity contribution >= 4 is 0 Å². The van der Waals surface area contributed by atoms with Crippen molar-refractivity contribution in [3.05, 3.63) is 83.9 Å². The lowest BCUT2D eigenvalue weighted by Gasteiger charge is -2.26. The zero-order valence-corrected chi connectivity index (χ0v) is 15.1. The lowest BCUT2D eigenvalue weighted by Crippen LogP contribution is -2.30. The zero-order valence-electron chi connectivity index (χ0n) is 15.1. The van der Waals surface area contributed by atoms with Crippen LogP contribution in [0.15, 0.2) is 65.6 Å². The Balaban J connectivity index is 1.41. The number of rotatable bonds is 4. The maximum atomic E-state index is 14.3. The lowest BCUT2D eigenvalue weighted by atomic mass is 10.0. The molecule has 1 aliphatic heterocycles. The Morgan fingerprint density at radius 2 is 1.89 bits per heavy atom. The van der Waals surface area contributed by atoms with Gasteiger partial charge < -0.3 is 4.52 Å². The van der Waals surface area contributed by atoms with Crippen LogP contribution in [0.5, 0.6) is 0 Å². The van der Waals surface area contributed by atoms with Gasteiger partial charge in [-0.15, -0.1) is 0 Å². The third-order valence-corrected chi connectivity index (χ3v) is 5.02. The van der Waals surface area contributed by atoms with Crippen molar-refractivity contribution in [2.75, 3.05) is 6.54 Å². The predicted molar refractivity (Wildman–Crippen MR) is 101 cm³/mol. The maximum Gasteiger partial charge on any atom is 0.233 e. The molecule has 0 saturated heterocycles. The molecule has 0 fully saturated rings. The first kappa shape index (κ1) is 16.8. The van der Waals surface area contributed by atoms with E-state index in [1.807, 2.05) is 22.9 Å². The van der Waals surface area contributed by atoms with E-state index in [2.05, 4.69) is 26.1 Å². The summed E-state index contributed by atoms with van der Waals surface area (Å²) in [5.41, 5.74) is 3.14. The summed E-state index contributed by atoms with van der Waals surface area (Å²) in [6.07, 6.45) is 6.18. The third-order valence-electron chi connectivity index (χ3n) is 5.02. The second-order valence-electron chi connectivity index (χ2n) is 6.79. The average Bonchev–Trinajstić information content (AvgIpc) is 3.36. The van der Waals surface area contributed by atoms with Crippen molar-refractivity contribution in [1.82, 2.24) is 24.6 Å². The molecule has 0 saturated carbocycles. The standard InChI is InChI=1S/C21H18FN5O/c22-18-7-2-1-6-16(18)20-17-14-26(12-8-19(17)28-25-20)13-15-5-3-11-27(15)21-23-9-4-10-24-21/h1-7,9-11H,8,12-14H2. The molecule has 0 radical (unpaired) electrons. The molecule has 7 heteroatoms. The molecule has 4 heterocycles. The van der Waals surface area contributed by atoms with Crippen molar-refractivity contribution in [2.24, 2.45) is 0 Å². The summed E-state index contributed by atoms with van der Waals surface area (Å²) >= 11 is 0. The Hall–Kier alpha value is -3.32. The van der Waals surface area contributed by atoms with E-state index in [1.54, 1.807) is 30.6 Å². The highest BCUT2D eigenvalue weighted by molar-refractivity contribution is 5.64. The van der Waals surface area contributed by atoms with Crippen molar-refractivity contribution in [3.8, 4) is 17.2 Å². The van der Waals surface area contributed by atoms with Gasteiger partial charge in [-0.25, -0.2) is 14.4 Å². The van der Waals surface area contributed by atoms with Crippen molar-refractivity contribution in [3.63, 3.8) is 0 Å². The molecule has 0 aliphatic carbocycles. The third kappa shape index (κ3) is 2.99. The normalized spacial score (nSPS) is 14.2. The van der Waals surface area contributed by atoms with Crippen LogP contribution < -0.4 is 0 Å². The molecule has 5 rings (SSSR count). The van der Waals surface area contributed by atoms with Gasteiger partial charge in [-0.05, 0) is 30.3 Å². The minimum Gasteiger partial charge on any atom is -0.360 e. The van der Waals surface area contributed by atoms with Gasteiger partial charge in [0.15, 0.2) is 0 Å². The van der Waals surface area contributed by atoms with Crippen molar-refractivity contribution in [2.45, 2.75) is 19.5 Å². The largest absolute Gasteiger partial charge is 0.360 e. The van der Waals surface area contributed by atoms with Gasteiger partial charge in [-0.1, -0.05) is 17.3 Å². The van der Waals surface area contributed by atoms with Crippen LogP contribution in [0, 0.1) is 5.82 Å². The van der Waals surface area contributed by atoms with E-state index in [9.17, 15) is 4.39 Å². The summed E-state index contributed by atoms with van der Waals surface area (Å²) in [6.45, 7) is 2.23. The molecule has 4 aromatic rings. The molecule has 28 heavy (non-hydrogen) atoms. The van der Waals surface area contributed by atoms with E-state index in [0.29, 0.717) is 23.8 Å². The number of aromatic nitrogens is 4. The van der Waals surface area contributed by atoms with E-state index in [0.717, 1.165) is 36.5 Å². The summed E-state index contributed by atoms with van der Waals surface area (Å²) in [5, 5.41) is 4.16. The van der Waals surface area contributed by atoms with Gasteiger partial charge in [0.05, 0.1) is 0 Å². The van der Waals surface area contributed by atoms with Crippen LogP contribution in [0.2, 0.25) is 0 Å². The summed E-state index contributed by atoms with van der Waals surface area (Å²) in [7, 11) is 0. The van der Waals surface area contributed by atoms with E-state index < -0.39 is 0 Å². The van der Waals surface area contributed by atoms with Gasteiger partial charge in [0.25, 0.3) is 0 Å². The van der Waals surface area contributed by atoms with Gasteiger partial charge in [0.1, 0.15) is 17.3 Å². The molecular formula is C21H18FN5O. The monoisotopic (exact) mass is 375 g/mol. The Morgan fingerprint density at radius 1 is 1.04 bits per heavy atom. The highest BCUT2D eigenvalue weighted by Crippen LogP contribution is 2.32. The highest BCUT2D eigenvalue weighted by atomic mass is 19.1. The molecule has 0 unspecified atom stereocenters. The van der Waals surface area contributed by atoms with Gasteiger partial charge in [-0.2, -0.15) is 0 Å². The van der Waals surface area contributed by atoms with Crippen LogP contribution >= 0.6 is 0 Å². The van der Waals surface area contributed by atoms with E-state index in [1.165, 1.54) is 6.07 Å². The van der Waals surface area contributed by atoms with E-state index in [-0.39, 0.29) is 5.82 Å². The smallest absolute Gasteiger partial charge is 0.233 e. The maximum absolute atomic E-state index is 14.3. The fraction of sp³-hybridized carbons (Fsp3) is 0.190. The van der Waals surface area contributed by atoms with E-state index in [4.69, 9.17) is 4.52 Å². The fourth-order valence-electron chi connectivity index (χ4n) is 3.65. The Labute approximate surface area is 161 Å². The molecule has 0 spiro atoms. The zero-order chi connectivity index (χ0) is 18.9. The summed E-state index contributed by atoms with van der Waals surface area (Å²) in [4.78, 5) is 11.0. The predicted octanol–water partition coefficient (Wildman–Crippen LogP) is 3.62. The Kier molecular flexibility index (Phi) is 4.21. The molecule has 1 aromatic carbocycles. The van der Waals surface area contributed by atoms with Crippen molar-refractivity contribution in [1.29, 1.82) is 0 Å². The first-order valence-corrected chi connectivity index (χ1v) is 9.18. The van der Waals surface area contributed by atoms with Gasteiger partial charge in [0.2, 0.25) is 5.95 Å². The molecule has 0 atom stereocenters. The van der Waals surface area contributed by atoms with E-state index >= 15 is 0 Å². The molecule has 0 bridgehead atoms. The number of benzene rings is 1. The summed E-state index contributed by atoms with van der Waals surface area (Å²) in [6, 6.07) is 12.5. The number of fused-ring (bicyclic) bond motifs is 1. The number of hydrogen-bond acceptors (Lipinski definition) is 5. The number of nitrogens with zero attached hydrogens (tertiary/aromatic N) is 5. The van der Waals surface area contributed by atoms with Crippen molar-refractivity contribution < 1.29 is 8.91 Å². The molecule has 140 valence electrons. The van der Waals surface area contributed by atoms with Crippen LogP contribution in [0.1, 0.15) is 17.0 Å². The average molecular weight is 375 g/mol. The lowest BCUT2D eigenvalue weighted by molar-refractivity contribution is 0.225. The van der Waals surface area contributed by atoms with Gasteiger partial charge in [-0.3, -0.25) is 9.47 Å². The molecule has 0 amide bonds. The molecule has 6 nitrogen and oxygen atoms in total. The van der Waals surface area contributed by atoms with Crippen LogP contribution in [0.3, 0.4) is 0 Å². The first-order chi connectivity index (χ1) is 13.8. The van der Waals surface area contributed by atoms with Crippen LogP contribution in [0.25, 0.3) is 17.2 Å². The Morgan fingerprint density at radius 3 is 2.75 bits per heavy atom. The quantitative estimate of drug-likeness (QED) is 0.545. The molecular weight excluding hydrogens is 357 g/mol. The topological polar surface area (TPSA) is 60.0 Å². The molecule has 1 aliphatic rings. The minimum atomic E-state index is -0.286. The molecule has 0 N–H and O–H groups in total. The number of halogens is 1. The highest BCUT2D eigenvalue weighted by Gasteiger charge is 2.26. The molecule has 3 aromatic heterocycles. The Bertz CT molecular complexity index is 1100. The SMILES string of the molecule is Fc1ccccc1-c1noc2c1CN(Cc1cccn1-c1ncccn1)CC2. The second-order valence-corrected chi connectivity index (χ2v) is 6.79. The van der Waals surface area contributed by atoms with Gasteiger partial charge >= 0.3 is 0 Å². The van der Waals surface area contributed by atoms with Crippen LogP contribution in [-0.2, 0) is 19.5 Å². The minimum absolute atomic E-state index is 0.286. The van der Waals surface area contributed by atoms with Crippen LogP contribution in [-0.4, -0.2) is 31.1 Å².